The smallest absolute Gasteiger partial charge is 0.317 e. The standard InChI is InChI=1S/C25H33N3O4/c1-4-26-25(30)28-13-11-19(12-14-28)15-18-5-7-20(8-6-18)24(29)27-17-21-16-22(31-2)9-10-23(21)32-3/h5-10,16,19H,4,11-15,17H2,1-3H3,(H,26,30)(H,27,29). The van der Waals surface area contributed by atoms with Gasteiger partial charge in [-0.25, -0.2) is 4.79 Å². The zero-order valence-electron chi connectivity index (χ0n) is 19.1. The summed E-state index contributed by atoms with van der Waals surface area (Å²) in [7, 11) is 3.22. The number of nitrogens with one attached hydrogen (secondary N) is 2. The van der Waals surface area contributed by atoms with Gasteiger partial charge in [0.2, 0.25) is 0 Å². The van der Waals surface area contributed by atoms with E-state index >= 15 is 0 Å². The van der Waals surface area contributed by atoms with E-state index in [4.69, 9.17) is 9.47 Å². The van der Waals surface area contributed by atoms with Gasteiger partial charge < -0.3 is 25.0 Å². The van der Waals surface area contributed by atoms with Gasteiger partial charge in [0, 0.05) is 37.3 Å². The zero-order chi connectivity index (χ0) is 22.9. The highest BCUT2D eigenvalue weighted by Gasteiger charge is 2.22. The fourth-order valence-electron chi connectivity index (χ4n) is 4.03. The molecule has 0 spiro atoms. The lowest BCUT2D eigenvalue weighted by Gasteiger charge is -2.32. The van der Waals surface area contributed by atoms with E-state index in [0.717, 1.165) is 43.7 Å². The maximum Gasteiger partial charge on any atom is 0.317 e. The molecular weight excluding hydrogens is 406 g/mol. The average molecular weight is 440 g/mol. The first-order valence-electron chi connectivity index (χ1n) is 11.1. The van der Waals surface area contributed by atoms with E-state index in [-0.39, 0.29) is 11.9 Å². The summed E-state index contributed by atoms with van der Waals surface area (Å²) in [5.74, 6) is 1.86. The highest BCUT2D eigenvalue weighted by atomic mass is 16.5. The second-order valence-electron chi connectivity index (χ2n) is 8.03. The van der Waals surface area contributed by atoms with E-state index in [2.05, 4.69) is 10.6 Å². The molecule has 0 aliphatic carbocycles. The molecule has 1 heterocycles. The summed E-state index contributed by atoms with van der Waals surface area (Å²) in [4.78, 5) is 26.4. The molecule has 7 nitrogen and oxygen atoms in total. The van der Waals surface area contributed by atoms with Crippen molar-refractivity contribution in [1.29, 1.82) is 0 Å². The molecule has 0 aromatic heterocycles. The van der Waals surface area contributed by atoms with Crippen LogP contribution in [0.2, 0.25) is 0 Å². The molecule has 172 valence electrons. The van der Waals surface area contributed by atoms with Crippen molar-refractivity contribution in [1.82, 2.24) is 15.5 Å². The number of urea groups is 1. The molecule has 1 fully saturated rings. The van der Waals surface area contributed by atoms with Crippen LogP contribution in [-0.4, -0.2) is 50.7 Å². The molecule has 1 saturated heterocycles. The highest BCUT2D eigenvalue weighted by Crippen LogP contribution is 2.24. The number of amides is 3. The van der Waals surface area contributed by atoms with E-state index < -0.39 is 0 Å². The van der Waals surface area contributed by atoms with Crippen LogP contribution in [0.5, 0.6) is 11.5 Å². The first kappa shape index (κ1) is 23.4. The SMILES string of the molecule is CCNC(=O)N1CCC(Cc2ccc(C(=O)NCc3cc(OC)ccc3OC)cc2)CC1. The Labute approximate surface area is 190 Å². The number of carbonyl (C=O) groups excluding carboxylic acids is 2. The molecule has 3 amide bonds. The summed E-state index contributed by atoms with van der Waals surface area (Å²) in [6.07, 6.45) is 2.97. The van der Waals surface area contributed by atoms with Gasteiger partial charge in [-0.15, -0.1) is 0 Å². The maximum absolute atomic E-state index is 12.6. The summed E-state index contributed by atoms with van der Waals surface area (Å²) < 4.78 is 10.6. The van der Waals surface area contributed by atoms with Crippen LogP contribution in [0, 0.1) is 5.92 Å². The number of methoxy groups -OCH3 is 2. The maximum atomic E-state index is 12.6. The van der Waals surface area contributed by atoms with Gasteiger partial charge in [-0.2, -0.15) is 0 Å². The van der Waals surface area contributed by atoms with Crippen LogP contribution >= 0.6 is 0 Å². The third kappa shape index (κ3) is 6.15. The third-order valence-electron chi connectivity index (χ3n) is 5.90. The predicted octanol–water partition coefficient (Wildman–Crippen LogP) is 3.62. The number of piperidine rings is 1. The topological polar surface area (TPSA) is 79.9 Å². The summed E-state index contributed by atoms with van der Waals surface area (Å²) in [5.41, 5.74) is 2.70. The van der Waals surface area contributed by atoms with E-state index in [9.17, 15) is 9.59 Å². The first-order chi connectivity index (χ1) is 15.5. The minimum Gasteiger partial charge on any atom is -0.497 e. The summed E-state index contributed by atoms with van der Waals surface area (Å²) in [6.45, 7) is 4.54. The Morgan fingerprint density at radius 2 is 1.72 bits per heavy atom. The Kier molecular flexibility index (Phi) is 8.36. The van der Waals surface area contributed by atoms with Crippen molar-refractivity contribution in [2.75, 3.05) is 33.9 Å². The molecule has 1 aliphatic heterocycles. The van der Waals surface area contributed by atoms with Gasteiger partial charge in [0.1, 0.15) is 11.5 Å². The Morgan fingerprint density at radius 1 is 1.00 bits per heavy atom. The Bertz CT molecular complexity index is 906. The van der Waals surface area contributed by atoms with Crippen LogP contribution < -0.4 is 20.1 Å². The first-order valence-corrected chi connectivity index (χ1v) is 11.1. The molecule has 32 heavy (non-hydrogen) atoms. The van der Waals surface area contributed by atoms with Gasteiger partial charge in [-0.05, 0) is 68.0 Å². The number of nitrogens with zero attached hydrogens (tertiary/aromatic N) is 1. The van der Waals surface area contributed by atoms with Crippen LogP contribution in [0.15, 0.2) is 42.5 Å². The Morgan fingerprint density at radius 3 is 2.34 bits per heavy atom. The van der Waals surface area contributed by atoms with Gasteiger partial charge in [0.05, 0.1) is 14.2 Å². The Hall–Kier alpha value is -3.22. The molecule has 0 saturated carbocycles. The minimum atomic E-state index is -0.128. The monoisotopic (exact) mass is 439 g/mol. The Balaban J connectivity index is 1.50. The molecular formula is C25H33N3O4. The van der Waals surface area contributed by atoms with Gasteiger partial charge in [0.25, 0.3) is 5.91 Å². The number of hydrogen-bond acceptors (Lipinski definition) is 4. The van der Waals surface area contributed by atoms with Crippen LogP contribution in [0.3, 0.4) is 0 Å². The number of benzene rings is 2. The van der Waals surface area contributed by atoms with Crippen molar-refractivity contribution in [2.45, 2.75) is 32.7 Å². The van der Waals surface area contributed by atoms with Crippen molar-refractivity contribution in [2.24, 2.45) is 5.92 Å². The highest BCUT2D eigenvalue weighted by molar-refractivity contribution is 5.94. The molecule has 0 radical (unpaired) electrons. The molecule has 2 aromatic carbocycles. The van der Waals surface area contributed by atoms with Crippen LogP contribution in [0.25, 0.3) is 0 Å². The normalized spacial score (nSPS) is 14.0. The quantitative estimate of drug-likeness (QED) is 0.658. The molecule has 2 N–H and O–H groups in total. The van der Waals surface area contributed by atoms with Crippen molar-refractivity contribution in [3.63, 3.8) is 0 Å². The number of rotatable bonds is 8. The summed E-state index contributed by atoms with van der Waals surface area (Å²) in [6, 6.07) is 13.3. The molecule has 0 atom stereocenters. The molecule has 0 unspecified atom stereocenters. The summed E-state index contributed by atoms with van der Waals surface area (Å²) in [5, 5.41) is 5.82. The van der Waals surface area contributed by atoms with Gasteiger partial charge in [0.15, 0.2) is 0 Å². The third-order valence-corrected chi connectivity index (χ3v) is 5.90. The van der Waals surface area contributed by atoms with Gasteiger partial charge in [-0.1, -0.05) is 12.1 Å². The largest absolute Gasteiger partial charge is 0.497 e. The lowest BCUT2D eigenvalue weighted by molar-refractivity contribution is 0.0950. The molecule has 7 heteroatoms. The zero-order valence-corrected chi connectivity index (χ0v) is 19.1. The van der Waals surface area contributed by atoms with Crippen LogP contribution in [0.4, 0.5) is 4.79 Å². The second-order valence-corrected chi connectivity index (χ2v) is 8.03. The predicted molar refractivity (Wildman–Crippen MR) is 124 cm³/mol. The van der Waals surface area contributed by atoms with Crippen molar-refractivity contribution < 1.29 is 19.1 Å². The second kappa shape index (κ2) is 11.4. The average Bonchev–Trinajstić information content (AvgIpc) is 2.83. The molecule has 1 aliphatic rings. The van der Waals surface area contributed by atoms with Crippen LogP contribution in [-0.2, 0) is 13.0 Å². The number of ether oxygens (including phenoxy) is 2. The van der Waals surface area contributed by atoms with E-state index in [1.807, 2.05) is 54.3 Å². The lowest BCUT2D eigenvalue weighted by Crippen LogP contribution is -2.44. The lowest BCUT2D eigenvalue weighted by atomic mass is 9.90. The fourth-order valence-corrected chi connectivity index (χ4v) is 4.03. The van der Waals surface area contributed by atoms with Gasteiger partial charge >= 0.3 is 6.03 Å². The van der Waals surface area contributed by atoms with Crippen LogP contribution in [0.1, 0.15) is 41.3 Å². The number of carbonyl (C=O) groups is 2. The number of hydrogen-bond donors (Lipinski definition) is 2. The molecule has 2 aromatic rings. The number of likely N-dealkylation sites (tertiary alicyclic amines) is 1. The molecule has 0 bridgehead atoms. The summed E-state index contributed by atoms with van der Waals surface area (Å²) >= 11 is 0. The van der Waals surface area contributed by atoms with E-state index in [1.54, 1.807) is 14.2 Å². The van der Waals surface area contributed by atoms with Crippen molar-refractivity contribution >= 4 is 11.9 Å². The van der Waals surface area contributed by atoms with Gasteiger partial charge in [-0.3, -0.25) is 4.79 Å². The van der Waals surface area contributed by atoms with E-state index in [1.165, 1.54) is 5.56 Å². The van der Waals surface area contributed by atoms with E-state index in [0.29, 0.717) is 30.3 Å². The molecule has 3 rings (SSSR count). The fraction of sp³-hybridized carbons (Fsp3) is 0.440. The van der Waals surface area contributed by atoms with Crippen molar-refractivity contribution in [3.05, 3.63) is 59.2 Å². The minimum absolute atomic E-state index is 0.0351. The van der Waals surface area contributed by atoms with Crippen molar-refractivity contribution in [3.8, 4) is 11.5 Å².